The van der Waals surface area contributed by atoms with Crippen molar-refractivity contribution < 1.29 is 14.6 Å². The molecule has 0 bridgehead atoms. The van der Waals surface area contributed by atoms with Crippen molar-refractivity contribution in [1.29, 1.82) is 0 Å². The molecule has 1 aromatic rings. The minimum absolute atomic E-state index is 0. The quantitative estimate of drug-likeness (QED) is 0.212. The fourth-order valence-electron chi connectivity index (χ4n) is 2.75. The van der Waals surface area contributed by atoms with Crippen LogP contribution in [-0.4, -0.2) is 57.1 Å². The highest BCUT2D eigenvalue weighted by atomic mass is 127. The average molecular weight is 498 g/mol. The van der Waals surface area contributed by atoms with Gasteiger partial charge in [-0.05, 0) is 44.0 Å². The van der Waals surface area contributed by atoms with Gasteiger partial charge in [0, 0.05) is 30.2 Å². The molecule has 6 nitrogen and oxygen atoms in total. The first kappa shape index (κ1) is 23.3. The van der Waals surface area contributed by atoms with E-state index in [1.54, 1.807) is 12.1 Å². The summed E-state index contributed by atoms with van der Waals surface area (Å²) in [6.45, 7) is 6.19. The standard InChI is InChI=1S/C18H28ClN3O3.HI/c1-2-20-17(22-13-18(7-10-23)8-11-24-14-18)21-9-12-25-16-5-3-15(19)4-6-16;/h3-6,23H,2,7-14H2,1H3,(H2,20,21,22);1H. The molecule has 1 aliphatic heterocycles. The van der Waals surface area contributed by atoms with Crippen LogP contribution in [-0.2, 0) is 4.74 Å². The van der Waals surface area contributed by atoms with Gasteiger partial charge in [-0.3, -0.25) is 4.99 Å². The molecule has 1 heterocycles. The van der Waals surface area contributed by atoms with Gasteiger partial charge in [0.15, 0.2) is 5.96 Å². The van der Waals surface area contributed by atoms with Gasteiger partial charge in [0.25, 0.3) is 0 Å². The third-order valence-corrected chi connectivity index (χ3v) is 4.47. The number of halogens is 2. The summed E-state index contributed by atoms with van der Waals surface area (Å²) < 4.78 is 11.2. The number of ether oxygens (including phenoxy) is 2. The molecule has 0 amide bonds. The van der Waals surface area contributed by atoms with Crippen LogP contribution in [0.2, 0.25) is 5.02 Å². The van der Waals surface area contributed by atoms with Crippen molar-refractivity contribution in [1.82, 2.24) is 10.6 Å². The lowest BCUT2D eigenvalue weighted by Gasteiger charge is -2.24. The molecule has 1 fully saturated rings. The maximum atomic E-state index is 9.30. The molecule has 26 heavy (non-hydrogen) atoms. The van der Waals surface area contributed by atoms with Crippen LogP contribution in [0.25, 0.3) is 0 Å². The summed E-state index contributed by atoms with van der Waals surface area (Å²) in [7, 11) is 0. The Morgan fingerprint density at radius 3 is 2.73 bits per heavy atom. The Morgan fingerprint density at radius 2 is 2.12 bits per heavy atom. The van der Waals surface area contributed by atoms with Crippen LogP contribution >= 0.6 is 35.6 Å². The maximum Gasteiger partial charge on any atom is 0.191 e. The molecule has 0 saturated carbocycles. The van der Waals surface area contributed by atoms with E-state index in [9.17, 15) is 5.11 Å². The molecule has 2 rings (SSSR count). The lowest BCUT2D eigenvalue weighted by Crippen LogP contribution is -2.40. The molecule has 0 aliphatic carbocycles. The maximum absolute atomic E-state index is 9.30. The van der Waals surface area contributed by atoms with Crippen molar-refractivity contribution >= 4 is 41.5 Å². The zero-order valence-electron chi connectivity index (χ0n) is 15.2. The fourth-order valence-corrected chi connectivity index (χ4v) is 2.87. The van der Waals surface area contributed by atoms with Gasteiger partial charge in [-0.2, -0.15) is 0 Å². The summed E-state index contributed by atoms with van der Waals surface area (Å²) >= 11 is 5.86. The van der Waals surface area contributed by atoms with Crippen molar-refractivity contribution in [2.45, 2.75) is 19.8 Å². The number of nitrogens with zero attached hydrogens (tertiary/aromatic N) is 1. The molecule has 1 saturated heterocycles. The minimum atomic E-state index is -0.0447. The predicted molar refractivity (Wildman–Crippen MR) is 116 cm³/mol. The van der Waals surface area contributed by atoms with Crippen LogP contribution in [0.3, 0.4) is 0 Å². The van der Waals surface area contributed by atoms with Gasteiger partial charge >= 0.3 is 0 Å². The molecule has 148 valence electrons. The van der Waals surface area contributed by atoms with Crippen LogP contribution in [0.1, 0.15) is 19.8 Å². The fraction of sp³-hybridized carbons (Fsp3) is 0.611. The van der Waals surface area contributed by atoms with E-state index in [1.165, 1.54) is 0 Å². The average Bonchev–Trinajstić information content (AvgIpc) is 3.07. The number of hydrogen-bond donors (Lipinski definition) is 3. The second kappa shape index (κ2) is 12.6. The minimum Gasteiger partial charge on any atom is -0.492 e. The Kier molecular flexibility index (Phi) is 11.3. The summed E-state index contributed by atoms with van der Waals surface area (Å²) in [6.07, 6.45) is 1.66. The Labute approximate surface area is 177 Å². The summed E-state index contributed by atoms with van der Waals surface area (Å²) in [5, 5.41) is 16.5. The lowest BCUT2D eigenvalue weighted by molar-refractivity contribution is 0.131. The second-order valence-corrected chi connectivity index (χ2v) is 6.64. The van der Waals surface area contributed by atoms with Crippen LogP contribution < -0.4 is 15.4 Å². The highest BCUT2D eigenvalue weighted by Crippen LogP contribution is 2.32. The lowest BCUT2D eigenvalue weighted by atomic mass is 9.84. The smallest absolute Gasteiger partial charge is 0.191 e. The third kappa shape index (κ3) is 7.85. The molecule has 0 radical (unpaired) electrons. The third-order valence-electron chi connectivity index (χ3n) is 4.22. The monoisotopic (exact) mass is 497 g/mol. The van der Waals surface area contributed by atoms with E-state index in [0.29, 0.717) is 31.3 Å². The second-order valence-electron chi connectivity index (χ2n) is 6.20. The molecule has 1 aliphatic rings. The Morgan fingerprint density at radius 1 is 1.35 bits per heavy atom. The van der Waals surface area contributed by atoms with E-state index >= 15 is 0 Å². The summed E-state index contributed by atoms with van der Waals surface area (Å²) in [6, 6.07) is 7.31. The zero-order valence-corrected chi connectivity index (χ0v) is 18.3. The summed E-state index contributed by atoms with van der Waals surface area (Å²) in [4.78, 5) is 4.67. The number of aliphatic imine (C=N–C) groups is 1. The molecule has 1 aromatic carbocycles. The molecule has 3 N–H and O–H groups in total. The van der Waals surface area contributed by atoms with Crippen LogP contribution in [0.4, 0.5) is 0 Å². The van der Waals surface area contributed by atoms with Crippen molar-refractivity contribution in [3.63, 3.8) is 0 Å². The van der Waals surface area contributed by atoms with Gasteiger partial charge in [0.2, 0.25) is 0 Å². The summed E-state index contributed by atoms with van der Waals surface area (Å²) in [5.41, 5.74) is -0.0447. The number of guanidine groups is 1. The van der Waals surface area contributed by atoms with Crippen molar-refractivity contribution in [3.05, 3.63) is 29.3 Å². The molecule has 1 unspecified atom stereocenters. The Balaban J connectivity index is 0.00000338. The number of rotatable bonds is 9. The topological polar surface area (TPSA) is 75.1 Å². The van der Waals surface area contributed by atoms with Crippen LogP contribution in [0.15, 0.2) is 29.3 Å². The van der Waals surface area contributed by atoms with E-state index in [-0.39, 0.29) is 36.0 Å². The van der Waals surface area contributed by atoms with E-state index < -0.39 is 0 Å². The van der Waals surface area contributed by atoms with Crippen molar-refractivity contribution in [2.24, 2.45) is 10.4 Å². The molecular weight excluding hydrogens is 469 g/mol. The Hall–Kier alpha value is -0.770. The van der Waals surface area contributed by atoms with E-state index in [1.807, 2.05) is 19.1 Å². The Bertz CT molecular complexity index is 537. The molecule has 8 heteroatoms. The first-order chi connectivity index (χ1) is 12.2. The van der Waals surface area contributed by atoms with Crippen LogP contribution in [0.5, 0.6) is 5.75 Å². The van der Waals surface area contributed by atoms with Gasteiger partial charge in [-0.25, -0.2) is 0 Å². The highest BCUT2D eigenvalue weighted by molar-refractivity contribution is 14.0. The molecule has 1 atom stereocenters. The normalized spacial score (nSPS) is 19.7. The van der Waals surface area contributed by atoms with Gasteiger partial charge < -0.3 is 25.2 Å². The number of aliphatic hydroxyl groups is 1. The van der Waals surface area contributed by atoms with Gasteiger partial charge in [-0.15, -0.1) is 24.0 Å². The molecule has 0 aromatic heterocycles. The highest BCUT2D eigenvalue weighted by Gasteiger charge is 2.34. The van der Waals surface area contributed by atoms with Gasteiger partial charge in [0.05, 0.1) is 19.7 Å². The van der Waals surface area contributed by atoms with E-state index in [0.717, 1.165) is 37.7 Å². The van der Waals surface area contributed by atoms with Crippen LogP contribution in [0, 0.1) is 5.41 Å². The number of nitrogens with one attached hydrogen (secondary N) is 2. The van der Waals surface area contributed by atoms with Crippen molar-refractivity contribution in [3.8, 4) is 5.75 Å². The first-order valence-electron chi connectivity index (χ1n) is 8.76. The molecular formula is C18H29ClIN3O3. The number of benzene rings is 1. The van der Waals surface area contributed by atoms with Crippen molar-refractivity contribution in [2.75, 3.05) is 46.1 Å². The zero-order chi connectivity index (χ0) is 18.0. The van der Waals surface area contributed by atoms with Gasteiger partial charge in [-0.1, -0.05) is 11.6 Å². The number of hydrogen-bond acceptors (Lipinski definition) is 4. The predicted octanol–water partition coefficient (Wildman–Crippen LogP) is 2.68. The SMILES string of the molecule is CCNC(=NCC1(CCO)CCOC1)NCCOc1ccc(Cl)cc1.I. The summed E-state index contributed by atoms with van der Waals surface area (Å²) in [5.74, 6) is 1.55. The largest absolute Gasteiger partial charge is 0.492 e. The van der Waals surface area contributed by atoms with E-state index in [2.05, 4.69) is 15.6 Å². The van der Waals surface area contributed by atoms with Gasteiger partial charge in [0.1, 0.15) is 12.4 Å². The first-order valence-corrected chi connectivity index (χ1v) is 9.14. The van der Waals surface area contributed by atoms with E-state index in [4.69, 9.17) is 21.1 Å². The molecule has 0 spiro atoms. The number of aliphatic hydroxyl groups excluding tert-OH is 1.